The first-order valence-corrected chi connectivity index (χ1v) is 11.2. The first-order valence-electron chi connectivity index (χ1n) is 11.2. The molecule has 1 N–H and O–H groups in total. The molecule has 4 fully saturated rings. The molecule has 1 aromatic carbocycles. The second-order valence-electron chi connectivity index (χ2n) is 9.81. The Kier molecular flexibility index (Phi) is 4.08. The molecule has 4 bridgehead atoms. The predicted octanol–water partition coefficient (Wildman–Crippen LogP) is 2.87. The van der Waals surface area contributed by atoms with Crippen LogP contribution < -0.4 is 0 Å². The number of rotatable bonds is 5. The molecule has 162 valence electrons. The van der Waals surface area contributed by atoms with Crippen molar-refractivity contribution < 1.29 is 19.1 Å². The second kappa shape index (κ2) is 6.65. The number of nitrogens with zero attached hydrogens (tertiary/aromatic N) is 3. The van der Waals surface area contributed by atoms with E-state index in [9.17, 15) is 19.1 Å². The highest BCUT2D eigenvalue weighted by molar-refractivity contribution is 5.78. The summed E-state index contributed by atoms with van der Waals surface area (Å²) in [6.45, 7) is 3.77. The van der Waals surface area contributed by atoms with E-state index in [1.807, 2.05) is 16.5 Å². The minimum Gasteiger partial charge on any atom is -0.481 e. The third-order valence-corrected chi connectivity index (χ3v) is 8.39. The molecule has 6 atom stereocenters. The maximum absolute atomic E-state index is 13.2. The van der Waals surface area contributed by atoms with E-state index in [1.165, 1.54) is 17.7 Å². The number of aliphatic carboxylic acids is 1. The highest BCUT2D eigenvalue weighted by atomic mass is 19.1. The Bertz CT molecular complexity index is 1080. The maximum Gasteiger partial charge on any atom is 0.307 e. The molecule has 4 saturated carbocycles. The number of aryl methyl sites for hydroxylation is 1. The number of amides is 1. The number of carbonyl (C=O) groups excluding carboxylic acids is 1. The molecule has 7 rings (SSSR count). The molecule has 7 heteroatoms. The van der Waals surface area contributed by atoms with Crippen molar-refractivity contribution in [3.8, 4) is 0 Å². The van der Waals surface area contributed by atoms with Crippen molar-refractivity contribution in [2.75, 3.05) is 6.54 Å². The fourth-order valence-corrected chi connectivity index (χ4v) is 7.07. The highest BCUT2D eigenvalue weighted by Crippen LogP contribution is 2.76. The lowest BCUT2D eigenvalue weighted by atomic mass is 9.88. The third kappa shape index (κ3) is 2.85. The monoisotopic (exact) mass is 423 g/mol. The van der Waals surface area contributed by atoms with E-state index < -0.39 is 5.97 Å². The molecule has 4 unspecified atom stereocenters. The summed E-state index contributed by atoms with van der Waals surface area (Å²) in [5.74, 6) is 0.769. The topological polar surface area (TPSA) is 75.4 Å². The molecule has 2 aromatic rings. The van der Waals surface area contributed by atoms with Crippen LogP contribution in [0.5, 0.6) is 0 Å². The minimum atomic E-state index is -0.669. The Hall–Kier alpha value is -2.70. The van der Waals surface area contributed by atoms with Crippen molar-refractivity contribution in [2.24, 2.45) is 35.5 Å². The number of aromatic nitrogens is 2. The van der Waals surface area contributed by atoms with Crippen molar-refractivity contribution in [2.45, 2.75) is 39.3 Å². The van der Waals surface area contributed by atoms with Crippen molar-refractivity contribution in [3.05, 3.63) is 52.6 Å². The molecule has 0 saturated heterocycles. The summed E-state index contributed by atoms with van der Waals surface area (Å²) in [5, 5.41) is 14.3. The number of hydrogen-bond donors (Lipinski definition) is 1. The normalized spacial score (nSPS) is 32.3. The van der Waals surface area contributed by atoms with Crippen LogP contribution in [0.25, 0.3) is 0 Å². The predicted molar refractivity (Wildman–Crippen MR) is 109 cm³/mol. The van der Waals surface area contributed by atoms with Gasteiger partial charge in [-0.1, -0.05) is 12.1 Å². The molecule has 4 aliphatic carbocycles. The van der Waals surface area contributed by atoms with Gasteiger partial charge in [-0.05, 0) is 72.6 Å². The highest BCUT2D eigenvalue weighted by Gasteiger charge is 2.75. The molecule has 6 nitrogen and oxygen atoms in total. The van der Waals surface area contributed by atoms with Gasteiger partial charge in [0.25, 0.3) is 0 Å². The van der Waals surface area contributed by atoms with Crippen molar-refractivity contribution in [1.82, 2.24) is 14.7 Å². The SMILES string of the molecule is Cc1nn(Cc2ccc(F)cc2)c2c1CCN(C(=O)CC1C3C4C[C@H]1[C@@H](C(=O)O)C43)C2. The molecule has 2 heterocycles. The summed E-state index contributed by atoms with van der Waals surface area (Å²) < 4.78 is 15.2. The van der Waals surface area contributed by atoms with E-state index in [1.54, 1.807) is 12.1 Å². The number of halogens is 1. The summed E-state index contributed by atoms with van der Waals surface area (Å²) >= 11 is 0. The van der Waals surface area contributed by atoms with E-state index in [-0.39, 0.29) is 29.5 Å². The summed E-state index contributed by atoms with van der Waals surface area (Å²) in [7, 11) is 0. The smallest absolute Gasteiger partial charge is 0.307 e. The van der Waals surface area contributed by atoms with Gasteiger partial charge in [0.05, 0.1) is 30.4 Å². The molecular weight excluding hydrogens is 397 g/mol. The zero-order valence-corrected chi connectivity index (χ0v) is 17.5. The van der Waals surface area contributed by atoms with Gasteiger partial charge in [0.1, 0.15) is 5.82 Å². The number of carbonyl (C=O) groups is 2. The Morgan fingerprint density at radius 1 is 1.19 bits per heavy atom. The van der Waals surface area contributed by atoms with E-state index in [0.29, 0.717) is 43.8 Å². The second-order valence-corrected chi connectivity index (χ2v) is 9.81. The van der Waals surface area contributed by atoms with Gasteiger partial charge in [0, 0.05) is 13.0 Å². The average Bonchev–Trinajstić information content (AvgIpc) is 3.08. The summed E-state index contributed by atoms with van der Waals surface area (Å²) in [6, 6.07) is 6.44. The maximum atomic E-state index is 13.2. The van der Waals surface area contributed by atoms with Crippen LogP contribution in [0.15, 0.2) is 24.3 Å². The largest absolute Gasteiger partial charge is 0.481 e. The first-order chi connectivity index (χ1) is 14.9. The number of carboxylic acid groups (broad SMARTS) is 1. The van der Waals surface area contributed by atoms with Gasteiger partial charge in [-0.2, -0.15) is 5.10 Å². The Morgan fingerprint density at radius 3 is 2.65 bits per heavy atom. The summed E-state index contributed by atoms with van der Waals surface area (Å²) in [5.41, 5.74) is 4.23. The fourth-order valence-electron chi connectivity index (χ4n) is 7.07. The molecule has 0 spiro atoms. The van der Waals surface area contributed by atoms with Crippen LogP contribution in [0.2, 0.25) is 0 Å². The van der Waals surface area contributed by atoms with Crippen LogP contribution in [0, 0.1) is 48.2 Å². The number of benzene rings is 1. The van der Waals surface area contributed by atoms with Crippen LogP contribution in [-0.4, -0.2) is 38.2 Å². The standard InChI is InChI=1S/C24H26FN3O3/c1-12-15-6-7-27(11-19(15)28(26-12)10-13-2-4-14(25)5-3-13)20(29)9-17-16-8-18-21(17)22(18)23(16)24(30)31/h2-5,16-18,21-23H,6-11H2,1H3,(H,30,31)/t16-,17?,18?,21?,22?,23-/m1/s1. The van der Waals surface area contributed by atoms with Crippen LogP contribution in [0.1, 0.15) is 35.4 Å². The Balaban J connectivity index is 1.17. The van der Waals surface area contributed by atoms with Gasteiger partial charge in [0.15, 0.2) is 0 Å². The van der Waals surface area contributed by atoms with Gasteiger partial charge in [0.2, 0.25) is 5.91 Å². The van der Waals surface area contributed by atoms with Gasteiger partial charge in [-0.3, -0.25) is 14.3 Å². The van der Waals surface area contributed by atoms with Crippen molar-refractivity contribution in [3.63, 3.8) is 0 Å². The van der Waals surface area contributed by atoms with E-state index in [0.717, 1.165) is 29.8 Å². The summed E-state index contributed by atoms with van der Waals surface area (Å²) in [6.07, 6.45) is 2.27. The lowest BCUT2D eigenvalue weighted by molar-refractivity contribution is -0.144. The molecule has 5 aliphatic rings. The van der Waals surface area contributed by atoms with Gasteiger partial charge in [-0.25, -0.2) is 4.39 Å². The molecule has 0 radical (unpaired) electrons. The molecular formula is C24H26FN3O3. The zero-order valence-electron chi connectivity index (χ0n) is 17.5. The summed E-state index contributed by atoms with van der Waals surface area (Å²) in [4.78, 5) is 26.7. The molecule has 31 heavy (non-hydrogen) atoms. The minimum absolute atomic E-state index is 0.144. The first kappa shape index (κ1) is 19.0. The quantitative estimate of drug-likeness (QED) is 0.803. The van der Waals surface area contributed by atoms with Crippen molar-refractivity contribution in [1.29, 1.82) is 0 Å². The molecule has 1 amide bonds. The molecule has 1 aromatic heterocycles. The van der Waals surface area contributed by atoms with E-state index in [4.69, 9.17) is 5.10 Å². The number of hydrogen-bond acceptors (Lipinski definition) is 3. The van der Waals surface area contributed by atoms with Crippen LogP contribution >= 0.6 is 0 Å². The van der Waals surface area contributed by atoms with E-state index >= 15 is 0 Å². The van der Waals surface area contributed by atoms with Gasteiger partial charge >= 0.3 is 5.97 Å². The Morgan fingerprint density at radius 2 is 1.97 bits per heavy atom. The van der Waals surface area contributed by atoms with E-state index in [2.05, 4.69) is 0 Å². The Labute approximate surface area is 180 Å². The third-order valence-electron chi connectivity index (χ3n) is 8.39. The zero-order chi connectivity index (χ0) is 21.4. The number of carboxylic acids is 1. The lowest BCUT2D eigenvalue weighted by Crippen LogP contribution is -2.38. The average molecular weight is 423 g/mol. The van der Waals surface area contributed by atoms with Crippen LogP contribution in [-0.2, 0) is 29.1 Å². The number of fused-ring (bicyclic) bond motifs is 1. The van der Waals surface area contributed by atoms with Gasteiger partial charge < -0.3 is 10.0 Å². The van der Waals surface area contributed by atoms with Gasteiger partial charge in [-0.15, -0.1) is 0 Å². The molecule has 1 aliphatic heterocycles. The fraction of sp³-hybridized carbons (Fsp3) is 0.542. The van der Waals surface area contributed by atoms with Crippen LogP contribution in [0.3, 0.4) is 0 Å². The van der Waals surface area contributed by atoms with Crippen molar-refractivity contribution >= 4 is 11.9 Å². The lowest BCUT2D eigenvalue weighted by Gasteiger charge is -2.30. The van der Waals surface area contributed by atoms with Crippen LogP contribution in [0.4, 0.5) is 4.39 Å².